The van der Waals surface area contributed by atoms with Gasteiger partial charge in [0.25, 0.3) is 0 Å². The summed E-state index contributed by atoms with van der Waals surface area (Å²) >= 11 is 11.9. The van der Waals surface area contributed by atoms with Crippen LogP contribution in [0, 0.1) is 5.82 Å². The van der Waals surface area contributed by atoms with Gasteiger partial charge in [-0.1, -0.05) is 29.3 Å². The van der Waals surface area contributed by atoms with E-state index in [4.69, 9.17) is 33.8 Å². The number of hydrazine groups is 1. The Hall–Kier alpha value is -1.33. The summed E-state index contributed by atoms with van der Waals surface area (Å²) in [5.74, 6) is 5.65. The molecule has 0 aromatic heterocycles. The van der Waals surface area contributed by atoms with Crippen molar-refractivity contribution in [3.05, 3.63) is 63.4 Å². The summed E-state index contributed by atoms with van der Waals surface area (Å²) < 4.78 is 19.1. The van der Waals surface area contributed by atoms with Gasteiger partial charge < -0.3 is 4.74 Å². The standard InChI is InChI=1S/C14H13Cl2FN2O/c1-20-13-6-8(2-4-11(13)16)14(19-18)10-7-9(15)3-5-12(10)17/h2-7,14,19H,18H2,1H3. The van der Waals surface area contributed by atoms with Gasteiger partial charge >= 0.3 is 0 Å². The van der Waals surface area contributed by atoms with Gasteiger partial charge in [0.1, 0.15) is 11.6 Å². The zero-order valence-electron chi connectivity index (χ0n) is 10.7. The molecule has 106 valence electrons. The summed E-state index contributed by atoms with van der Waals surface area (Å²) in [6, 6.07) is 8.87. The van der Waals surface area contributed by atoms with Crippen molar-refractivity contribution in [1.82, 2.24) is 5.43 Å². The number of hydrogen-bond acceptors (Lipinski definition) is 3. The molecule has 2 aromatic carbocycles. The molecule has 0 aliphatic carbocycles. The van der Waals surface area contributed by atoms with Crippen LogP contribution < -0.4 is 16.0 Å². The van der Waals surface area contributed by atoms with Crippen molar-refractivity contribution in [2.45, 2.75) is 6.04 Å². The molecule has 0 aliphatic rings. The van der Waals surface area contributed by atoms with Crippen LogP contribution in [0.15, 0.2) is 36.4 Å². The highest BCUT2D eigenvalue weighted by Gasteiger charge is 2.18. The first-order valence-corrected chi connectivity index (χ1v) is 6.57. The third kappa shape index (κ3) is 3.04. The van der Waals surface area contributed by atoms with Crippen molar-refractivity contribution in [2.75, 3.05) is 7.11 Å². The quantitative estimate of drug-likeness (QED) is 0.668. The summed E-state index contributed by atoms with van der Waals surface area (Å²) in [5, 5.41) is 0.904. The Morgan fingerprint density at radius 3 is 2.60 bits per heavy atom. The molecule has 0 radical (unpaired) electrons. The van der Waals surface area contributed by atoms with Crippen molar-refractivity contribution in [1.29, 1.82) is 0 Å². The lowest BCUT2D eigenvalue weighted by atomic mass is 9.98. The fourth-order valence-electron chi connectivity index (χ4n) is 1.96. The number of benzene rings is 2. The molecule has 0 spiro atoms. The van der Waals surface area contributed by atoms with Crippen molar-refractivity contribution >= 4 is 23.2 Å². The van der Waals surface area contributed by atoms with Gasteiger partial charge in [-0.25, -0.2) is 9.82 Å². The molecular formula is C14H13Cl2FN2O. The van der Waals surface area contributed by atoms with Gasteiger partial charge in [-0.2, -0.15) is 0 Å². The molecule has 20 heavy (non-hydrogen) atoms. The Morgan fingerprint density at radius 2 is 1.95 bits per heavy atom. The lowest BCUT2D eigenvalue weighted by Gasteiger charge is -2.19. The van der Waals surface area contributed by atoms with Gasteiger partial charge in [0.2, 0.25) is 0 Å². The van der Waals surface area contributed by atoms with Gasteiger partial charge in [0.05, 0.1) is 18.2 Å². The summed E-state index contributed by atoms with van der Waals surface area (Å²) in [6.45, 7) is 0. The van der Waals surface area contributed by atoms with E-state index >= 15 is 0 Å². The highest BCUT2D eigenvalue weighted by atomic mass is 35.5. The van der Waals surface area contributed by atoms with E-state index in [1.165, 1.54) is 25.3 Å². The molecule has 0 fully saturated rings. The number of halogens is 3. The molecule has 6 heteroatoms. The van der Waals surface area contributed by atoms with Gasteiger partial charge in [0, 0.05) is 10.6 Å². The lowest BCUT2D eigenvalue weighted by molar-refractivity contribution is 0.413. The normalized spacial score (nSPS) is 12.2. The molecule has 0 saturated heterocycles. The third-order valence-corrected chi connectivity index (χ3v) is 3.49. The van der Waals surface area contributed by atoms with E-state index in [9.17, 15) is 4.39 Å². The first-order valence-electron chi connectivity index (χ1n) is 5.81. The minimum atomic E-state index is -0.556. The maximum absolute atomic E-state index is 13.9. The van der Waals surface area contributed by atoms with Crippen molar-refractivity contribution < 1.29 is 9.13 Å². The molecule has 2 aromatic rings. The van der Waals surface area contributed by atoms with Gasteiger partial charge in [-0.3, -0.25) is 5.84 Å². The van der Waals surface area contributed by atoms with E-state index in [1.54, 1.807) is 18.2 Å². The highest BCUT2D eigenvalue weighted by Crippen LogP contribution is 2.31. The van der Waals surface area contributed by atoms with E-state index in [0.29, 0.717) is 21.4 Å². The Morgan fingerprint density at radius 1 is 1.20 bits per heavy atom. The van der Waals surface area contributed by atoms with E-state index in [1.807, 2.05) is 0 Å². The van der Waals surface area contributed by atoms with Crippen molar-refractivity contribution in [3.8, 4) is 5.75 Å². The fourth-order valence-corrected chi connectivity index (χ4v) is 2.33. The van der Waals surface area contributed by atoms with Crippen LogP contribution in [0.2, 0.25) is 10.0 Å². The first kappa shape index (κ1) is 15.1. The number of nitrogens with two attached hydrogens (primary N) is 1. The summed E-state index contributed by atoms with van der Waals surface area (Å²) in [4.78, 5) is 0. The smallest absolute Gasteiger partial charge is 0.137 e. The fraction of sp³-hybridized carbons (Fsp3) is 0.143. The number of ether oxygens (including phenoxy) is 1. The highest BCUT2D eigenvalue weighted by molar-refractivity contribution is 6.32. The Balaban J connectivity index is 2.49. The Kier molecular flexibility index (Phi) is 4.83. The van der Waals surface area contributed by atoms with Crippen molar-refractivity contribution in [3.63, 3.8) is 0 Å². The zero-order chi connectivity index (χ0) is 14.7. The van der Waals surface area contributed by atoms with Crippen LogP contribution in [-0.2, 0) is 0 Å². The van der Waals surface area contributed by atoms with Gasteiger partial charge in [-0.05, 0) is 35.9 Å². The van der Waals surface area contributed by atoms with Crippen LogP contribution in [0.1, 0.15) is 17.2 Å². The molecule has 1 atom stereocenters. The zero-order valence-corrected chi connectivity index (χ0v) is 12.2. The predicted octanol–water partition coefficient (Wildman–Crippen LogP) is 3.69. The maximum atomic E-state index is 13.9. The average molecular weight is 315 g/mol. The second-order valence-corrected chi connectivity index (χ2v) is 5.00. The lowest BCUT2D eigenvalue weighted by Crippen LogP contribution is -2.29. The maximum Gasteiger partial charge on any atom is 0.137 e. The van der Waals surface area contributed by atoms with Crippen LogP contribution in [0.5, 0.6) is 5.75 Å². The summed E-state index contributed by atoms with van der Waals surface area (Å²) in [5.41, 5.74) is 3.64. The van der Waals surface area contributed by atoms with E-state index < -0.39 is 11.9 Å². The molecule has 0 amide bonds. The molecular weight excluding hydrogens is 302 g/mol. The third-order valence-electron chi connectivity index (χ3n) is 2.94. The molecule has 3 nitrogen and oxygen atoms in total. The first-order chi connectivity index (χ1) is 9.56. The number of rotatable bonds is 4. The topological polar surface area (TPSA) is 47.3 Å². The predicted molar refractivity (Wildman–Crippen MR) is 78.6 cm³/mol. The number of methoxy groups -OCH3 is 1. The second kappa shape index (κ2) is 6.41. The second-order valence-electron chi connectivity index (χ2n) is 4.16. The number of nitrogens with one attached hydrogen (secondary N) is 1. The average Bonchev–Trinajstić information content (AvgIpc) is 2.45. The minimum absolute atomic E-state index is 0.351. The molecule has 0 aliphatic heterocycles. The van der Waals surface area contributed by atoms with Gasteiger partial charge in [0.15, 0.2) is 0 Å². The van der Waals surface area contributed by atoms with Crippen LogP contribution in [0.3, 0.4) is 0 Å². The van der Waals surface area contributed by atoms with Crippen LogP contribution in [-0.4, -0.2) is 7.11 Å². The molecule has 2 rings (SSSR count). The van der Waals surface area contributed by atoms with Crippen LogP contribution in [0.25, 0.3) is 0 Å². The van der Waals surface area contributed by atoms with E-state index in [-0.39, 0.29) is 0 Å². The van der Waals surface area contributed by atoms with Crippen LogP contribution in [0.4, 0.5) is 4.39 Å². The summed E-state index contributed by atoms with van der Waals surface area (Å²) in [6.07, 6.45) is 0. The van der Waals surface area contributed by atoms with E-state index in [2.05, 4.69) is 5.43 Å². The molecule has 0 saturated carbocycles. The Bertz CT molecular complexity index is 622. The molecule has 0 heterocycles. The largest absolute Gasteiger partial charge is 0.495 e. The van der Waals surface area contributed by atoms with Crippen LogP contribution >= 0.6 is 23.2 Å². The SMILES string of the molecule is COc1cc(C(NN)c2cc(Cl)ccc2F)ccc1Cl. The van der Waals surface area contributed by atoms with Gasteiger partial charge in [-0.15, -0.1) is 0 Å². The molecule has 0 bridgehead atoms. The van der Waals surface area contributed by atoms with Crippen molar-refractivity contribution in [2.24, 2.45) is 5.84 Å². The number of hydrogen-bond donors (Lipinski definition) is 2. The van der Waals surface area contributed by atoms with E-state index in [0.717, 1.165) is 5.56 Å². The molecule has 3 N–H and O–H groups in total. The minimum Gasteiger partial charge on any atom is -0.495 e. The Labute approximate surface area is 126 Å². The molecule has 1 unspecified atom stereocenters. The monoisotopic (exact) mass is 314 g/mol. The summed E-state index contributed by atoms with van der Waals surface area (Å²) in [7, 11) is 1.51.